The Bertz CT molecular complexity index is 680. The molecule has 2 atom stereocenters. The van der Waals surface area contributed by atoms with Crippen LogP contribution in [0.1, 0.15) is 123 Å². The lowest BCUT2D eigenvalue weighted by Crippen LogP contribution is -2.52. The molecule has 0 saturated carbocycles. The van der Waals surface area contributed by atoms with E-state index in [1.807, 2.05) is 0 Å². The van der Waals surface area contributed by atoms with Gasteiger partial charge >= 0.3 is 11.9 Å². The molecule has 10 heteroatoms. The van der Waals surface area contributed by atoms with Crippen LogP contribution < -0.4 is 16.4 Å². The van der Waals surface area contributed by atoms with E-state index in [0.717, 1.165) is 25.7 Å². The third kappa shape index (κ3) is 22.9. The van der Waals surface area contributed by atoms with Gasteiger partial charge in [-0.2, -0.15) is 11.8 Å². The number of amides is 2. The minimum atomic E-state index is -0.814. The van der Waals surface area contributed by atoms with Crippen LogP contribution in [0.15, 0.2) is 0 Å². The molecule has 0 spiro atoms. The molecule has 0 aliphatic heterocycles. The first-order valence-corrected chi connectivity index (χ1v) is 16.6. The molecule has 0 unspecified atom stereocenters. The van der Waals surface area contributed by atoms with E-state index < -0.39 is 24.0 Å². The summed E-state index contributed by atoms with van der Waals surface area (Å²) >= 11 is 1.40. The second kappa shape index (κ2) is 27.4. The number of nitrogens with two attached hydrogens (primary N) is 1. The third-order valence-corrected chi connectivity index (χ3v) is 7.73. The monoisotopic (exact) mass is 587 g/mol. The van der Waals surface area contributed by atoms with Crippen molar-refractivity contribution in [3.05, 3.63) is 0 Å². The summed E-state index contributed by atoms with van der Waals surface area (Å²) in [5.41, 5.74) is 5.51. The summed E-state index contributed by atoms with van der Waals surface area (Å²) in [5, 5.41) is 5.31. The van der Waals surface area contributed by atoms with Crippen molar-refractivity contribution >= 4 is 35.5 Å². The smallest absolute Gasteiger partial charge is 0.328 e. The molecule has 0 radical (unpaired) electrons. The fourth-order valence-electron chi connectivity index (χ4n) is 4.36. The summed E-state index contributed by atoms with van der Waals surface area (Å²) < 4.78 is 10.1. The molecule has 2 amide bonds. The Morgan fingerprint density at radius 1 is 0.775 bits per heavy atom. The van der Waals surface area contributed by atoms with E-state index in [2.05, 4.69) is 17.6 Å². The number of esters is 2. The summed E-state index contributed by atoms with van der Waals surface area (Å²) in [6.07, 6.45) is 18.6. The van der Waals surface area contributed by atoms with E-state index in [1.165, 1.54) is 90.0 Å². The number of nitrogens with one attached hydrogen (secondary N) is 2. The van der Waals surface area contributed by atoms with Crippen LogP contribution in [0.4, 0.5) is 0 Å². The molecule has 0 fully saturated rings. The standard InChI is InChI=1S/C30H57N3O6S/c1-4-5-6-7-8-9-10-11-12-13-14-15-16-20-28(35)39-22-23-40-24-27(32-25(2)34)29(36)33-26(30(37)38-3)19-17-18-21-31/h26-27H,4-24,31H2,1-3H3,(H,32,34)(H,33,36)/t26-,27-/m0/s1. The van der Waals surface area contributed by atoms with Crippen LogP contribution in [0.3, 0.4) is 0 Å². The van der Waals surface area contributed by atoms with Gasteiger partial charge in [-0.05, 0) is 32.2 Å². The van der Waals surface area contributed by atoms with Crippen LogP contribution in [-0.4, -0.2) is 67.6 Å². The maximum atomic E-state index is 12.8. The summed E-state index contributed by atoms with van der Waals surface area (Å²) in [4.78, 5) is 48.4. The molecule has 0 bridgehead atoms. The molecule has 0 aromatic rings. The van der Waals surface area contributed by atoms with Crippen LogP contribution in [-0.2, 0) is 28.7 Å². The van der Waals surface area contributed by atoms with Crippen LogP contribution in [0.5, 0.6) is 0 Å². The van der Waals surface area contributed by atoms with E-state index in [0.29, 0.717) is 37.3 Å². The van der Waals surface area contributed by atoms with Crippen molar-refractivity contribution in [2.75, 3.05) is 31.8 Å². The Balaban J connectivity index is 4.02. The summed E-state index contributed by atoms with van der Waals surface area (Å²) in [6.45, 7) is 4.33. The fourth-order valence-corrected chi connectivity index (χ4v) is 5.20. The highest BCUT2D eigenvalue weighted by Gasteiger charge is 2.26. The number of hydrogen-bond donors (Lipinski definition) is 3. The SMILES string of the molecule is CCCCCCCCCCCCCCCC(=O)OCCSC[C@H](NC(C)=O)C(=O)N[C@@H](CCCCN)C(=O)OC. The Labute approximate surface area is 247 Å². The molecule has 0 aromatic carbocycles. The zero-order valence-corrected chi connectivity index (χ0v) is 26.3. The number of unbranched alkanes of at least 4 members (excludes halogenated alkanes) is 13. The van der Waals surface area contributed by atoms with Crippen molar-refractivity contribution in [3.8, 4) is 0 Å². The third-order valence-electron chi connectivity index (χ3n) is 6.70. The Hall–Kier alpha value is -1.81. The topological polar surface area (TPSA) is 137 Å². The Kier molecular flexibility index (Phi) is 26.1. The van der Waals surface area contributed by atoms with E-state index in [4.69, 9.17) is 15.2 Å². The van der Waals surface area contributed by atoms with Gasteiger partial charge in [0.25, 0.3) is 0 Å². The highest BCUT2D eigenvalue weighted by atomic mass is 32.2. The molecule has 40 heavy (non-hydrogen) atoms. The van der Waals surface area contributed by atoms with Crippen molar-refractivity contribution < 1.29 is 28.7 Å². The molecule has 4 N–H and O–H groups in total. The first kappa shape index (κ1) is 38.2. The molecule has 0 saturated heterocycles. The molecule has 0 aliphatic carbocycles. The van der Waals surface area contributed by atoms with Gasteiger partial charge in [0, 0.05) is 24.9 Å². The van der Waals surface area contributed by atoms with Crippen molar-refractivity contribution in [2.24, 2.45) is 5.73 Å². The van der Waals surface area contributed by atoms with Crippen LogP contribution in [0.25, 0.3) is 0 Å². The molecule has 0 rings (SSSR count). The number of ether oxygens (including phenoxy) is 2. The second-order valence-electron chi connectivity index (χ2n) is 10.4. The zero-order chi connectivity index (χ0) is 29.8. The van der Waals surface area contributed by atoms with Gasteiger partial charge in [-0.25, -0.2) is 4.79 Å². The van der Waals surface area contributed by atoms with Crippen molar-refractivity contribution in [3.63, 3.8) is 0 Å². The minimum absolute atomic E-state index is 0.196. The number of methoxy groups -OCH3 is 1. The molecular formula is C30H57N3O6S. The van der Waals surface area contributed by atoms with E-state index in [9.17, 15) is 19.2 Å². The molecular weight excluding hydrogens is 530 g/mol. The van der Waals surface area contributed by atoms with Gasteiger partial charge in [-0.3, -0.25) is 14.4 Å². The lowest BCUT2D eigenvalue weighted by Gasteiger charge is -2.21. The molecule has 0 heterocycles. The Morgan fingerprint density at radius 2 is 1.35 bits per heavy atom. The van der Waals surface area contributed by atoms with Crippen molar-refractivity contribution in [2.45, 2.75) is 135 Å². The number of carbonyl (C=O) groups is 4. The zero-order valence-electron chi connectivity index (χ0n) is 25.4. The number of rotatable bonds is 27. The van der Waals surface area contributed by atoms with Crippen molar-refractivity contribution in [1.29, 1.82) is 0 Å². The molecule has 9 nitrogen and oxygen atoms in total. The molecule has 0 aliphatic rings. The average molecular weight is 588 g/mol. The van der Waals surface area contributed by atoms with Gasteiger partial charge in [0.05, 0.1) is 7.11 Å². The molecule has 234 valence electrons. The first-order chi connectivity index (χ1) is 19.3. The van der Waals surface area contributed by atoms with Gasteiger partial charge in [-0.1, -0.05) is 84.0 Å². The number of carbonyl (C=O) groups excluding carboxylic acids is 4. The lowest BCUT2D eigenvalue weighted by molar-refractivity contribution is -0.145. The summed E-state index contributed by atoms with van der Waals surface area (Å²) in [7, 11) is 1.27. The largest absolute Gasteiger partial charge is 0.467 e. The second-order valence-corrected chi connectivity index (χ2v) is 11.6. The molecule has 0 aromatic heterocycles. The highest BCUT2D eigenvalue weighted by molar-refractivity contribution is 7.99. The minimum Gasteiger partial charge on any atom is -0.467 e. The highest BCUT2D eigenvalue weighted by Crippen LogP contribution is 2.13. The van der Waals surface area contributed by atoms with Crippen molar-refractivity contribution in [1.82, 2.24) is 10.6 Å². The first-order valence-electron chi connectivity index (χ1n) is 15.4. The maximum Gasteiger partial charge on any atom is 0.328 e. The average Bonchev–Trinajstić information content (AvgIpc) is 2.93. The predicted octanol–water partition coefficient (Wildman–Crippen LogP) is 5.04. The predicted molar refractivity (Wildman–Crippen MR) is 163 cm³/mol. The van der Waals surface area contributed by atoms with Crippen LogP contribution in [0.2, 0.25) is 0 Å². The summed E-state index contributed by atoms with van der Waals surface area (Å²) in [6, 6.07) is -1.61. The van der Waals surface area contributed by atoms with E-state index in [1.54, 1.807) is 0 Å². The van der Waals surface area contributed by atoms with Crippen LogP contribution >= 0.6 is 11.8 Å². The van der Waals surface area contributed by atoms with Gasteiger partial charge in [0.15, 0.2) is 0 Å². The van der Waals surface area contributed by atoms with Crippen LogP contribution in [0, 0.1) is 0 Å². The fraction of sp³-hybridized carbons (Fsp3) is 0.867. The van der Waals surface area contributed by atoms with E-state index >= 15 is 0 Å². The number of thioether (sulfide) groups is 1. The Morgan fingerprint density at radius 3 is 1.88 bits per heavy atom. The van der Waals surface area contributed by atoms with E-state index in [-0.39, 0.29) is 18.5 Å². The number of hydrogen-bond acceptors (Lipinski definition) is 8. The normalized spacial score (nSPS) is 12.4. The maximum absolute atomic E-state index is 12.8. The van der Waals surface area contributed by atoms with Gasteiger partial charge in [0.2, 0.25) is 11.8 Å². The van der Waals surface area contributed by atoms with Gasteiger partial charge in [0.1, 0.15) is 18.7 Å². The lowest BCUT2D eigenvalue weighted by atomic mass is 10.0. The van der Waals surface area contributed by atoms with Gasteiger partial charge < -0.3 is 25.8 Å². The quantitative estimate of drug-likeness (QED) is 0.0899. The van der Waals surface area contributed by atoms with Gasteiger partial charge in [-0.15, -0.1) is 0 Å². The summed E-state index contributed by atoms with van der Waals surface area (Å²) in [5.74, 6) is -0.732.